The van der Waals surface area contributed by atoms with E-state index < -0.39 is 13.8 Å². The number of hydrogen-bond acceptors (Lipinski definition) is 5. The first kappa shape index (κ1) is 18.7. The lowest BCUT2D eigenvalue weighted by Gasteiger charge is -2.11. The maximum absolute atomic E-state index is 11.7. The fraction of sp³-hybridized carbons (Fsp3) is 0.533. The Labute approximate surface area is 130 Å². The monoisotopic (exact) mass is 330 g/mol. The number of phosphoric ester groups is 1. The normalized spacial score (nSPS) is 13.5. The number of phenols is 1. The molecule has 0 aliphatic heterocycles. The van der Waals surface area contributed by atoms with Crippen molar-refractivity contribution in [3.05, 3.63) is 29.8 Å². The second kappa shape index (κ2) is 9.62. The van der Waals surface area contributed by atoms with Gasteiger partial charge in [0.2, 0.25) is 0 Å². The van der Waals surface area contributed by atoms with E-state index in [-0.39, 0.29) is 17.9 Å². The Morgan fingerprint density at radius 3 is 2.32 bits per heavy atom. The average molecular weight is 330 g/mol. The highest BCUT2D eigenvalue weighted by Crippen LogP contribution is 2.44. The van der Waals surface area contributed by atoms with Gasteiger partial charge in [-0.15, -0.1) is 0 Å². The van der Waals surface area contributed by atoms with Crippen LogP contribution in [0.5, 0.6) is 5.75 Å². The zero-order valence-corrected chi connectivity index (χ0v) is 13.6. The second-order valence-corrected chi connectivity index (χ2v) is 6.37. The minimum Gasteiger partial charge on any atom is -0.508 e. The molecule has 6 nitrogen and oxygen atoms in total. The van der Waals surface area contributed by atoms with E-state index >= 15 is 0 Å². The van der Waals surface area contributed by atoms with E-state index in [1.165, 1.54) is 30.7 Å². The van der Waals surface area contributed by atoms with E-state index in [0.29, 0.717) is 6.42 Å². The van der Waals surface area contributed by atoms with Crippen molar-refractivity contribution in [1.82, 2.24) is 0 Å². The lowest BCUT2D eigenvalue weighted by atomic mass is 10.1. The summed E-state index contributed by atoms with van der Waals surface area (Å²) < 4.78 is 20.9. The molecule has 1 aromatic rings. The summed E-state index contributed by atoms with van der Waals surface area (Å²) in [4.78, 5) is 21.1. The van der Waals surface area contributed by atoms with Crippen molar-refractivity contribution < 1.29 is 28.4 Å². The van der Waals surface area contributed by atoms with Crippen LogP contribution < -0.4 is 0 Å². The molecule has 0 radical (unpaired) electrons. The molecule has 0 heterocycles. The zero-order valence-electron chi connectivity index (χ0n) is 12.7. The van der Waals surface area contributed by atoms with E-state index in [0.717, 1.165) is 25.7 Å². The number of phenolic OH excluding ortho intramolecular Hbond substituents is 1. The minimum atomic E-state index is -4.40. The molecule has 0 fully saturated rings. The quantitative estimate of drug-likeness (QED) is 0.497. The molecule has 1 aromatic carbocycles. The molecule has 0 aliphatic rings. The summed E-state index contributed by atoms with van der Waals surface area (Å²) in [5.74, 6) is -0.975. The third kappa shape index (κ3) is 7.59. The maximum Gasteiger partial charge on any atom is 0.529 e. The van der Waals surface area contributed by atoms with Gasteiger partial charge in [0, 0.05) is 0 Å². The van der Waals surface area contributed by atoms with Crippen molar-refractivity contribution in [2.45, 2.75) is 45.4 Å². The number of aromatic hydroxyl groups is 1. The van der Waals surface area contributed by atoms with Crippen LogP contribution in [-0.2, 0) is 13.6 Å². The van der Waals surface area contributed by atoms with Gasteiger partial charge in [-0.25, -0.2) is 9.36 Å². The summed E-state index contributed by atoms with van der Waals surface area (Å²) >= 11 is 0. The third-order valence-electron chi connectivity index (χ3n) is 3.05. The molecular formula is C15H23O6P. The van der Waals surface area contributed by atoms with Gasteiger partial charge in [0.15, 0.2) is 0 Å². The molecule has 1 atom stereocenters. The predicted octanol–water partition coefficient (Wildman–Crippen LogP) is 4.03. The smallest absolute Gasteiger partial charge is 0.508 e. The van der Waals surface area contributed by atoms with E-state index in [1.807, 2.05) is 0 Å². The van der Waals surface area contributed by atoms with E-state index in [9.17, 15) is 14.3 Å². The van der Waals surface area contributed by atoms with Crippen LogP contribution in [0.25, 0.3) is 0 Å². The van der Waals surface area contributed by atoms with Gasteiger partial charge in [0.25, 0.3) is 0 Å². The fourth-order valence-electron chi connectivity index (χ4n) is 1.84. The van der Waals surface area contributed by atoms with E-state index in [4.69, 9.17) is 9.63 Å². The van der Waals surface area contributed by atoms with Gasteiger partial charge in [-0.2, -0.15) is 0 Å². The Balaban J connectivity index is 2.29. The first-order chi connectivity index (χ1) is 10.4. The molecule has 0 aliphatic carbocycles. The molecule has 0 saturated heterocycles. The Kier molecular flexibility index (Phi) is 8.17. The Morgan fingerprint density at radius 2 is 1.68 bits per heavy atom. The maximum atomic E-state index is 11.7. The van der Waals surface area contributed by atoms with E-state index in [2.05, 4.69) is 11.4 Å². The van der Waals surface area contributed by atoms with Crippen molar-refractivity contribution >= 4 is 13.8 Å². The molecule has 0 bridgehead atoms. The summed E-state index contributed by atoms with van der Waals surface area (Å²) in [6.07, 6.45) is 6.10. The number of carbonyl (C=O) groups is 1. The number of carbonyl (C=O) groups excluding carboxylic acids is 1. The van der Waals surface area contributed by atoms with Gasteiger partial charge in [0.05, 0.1) is 12.2 Å². The van der Waals surface area contributed by atoms with E-state index in [1.54, 1.807) is 0 Å². The van der Waals surface area contributed by atoms with Gasteiger partial charge < -0.3 is 9.63 Å². The van der Waals surface area contributed by atoms with Crippen LogP contribution in [-0.4, -0.2) is 22.6 Å². The highest BCUT2D eigenvalue weighted by atomic mass is 31.2. The molecule has 0 spiro atoms. The van der Waals surface area contributed by atoms with Crippen molar-refractivity contribution in [2.24, 2.45) is 0 Å². The number of rotatable bonds is 10. The summed E-state index contributed by atoms with van der Waals surface area (Å²) in [7, 11) is -4.40. The average Bonchev–Trinajstić information content (AvgIpc) is 2.46. The first-order valence-electron chi connectivity index (χ1n) is 7.45. The SMILES string of the molecule is CCCCCCCCOP(=O)(O)OC(=O)c1ccc(O)cc1. The summed E-state index contributed by atoms with van der Waals surface area (Å²) in [6.45, 7) is 2.20. The van der Waals surface area contributed by atoms with Gasteiger partial charge >= 0.3 is 13.8 Å². The van der Waals surface area contributed by atoms with Crippen LogP contribution >= 0.6 is 7.82 Å². The summed E-state index contributed by atoms with van der Waals surface area (Å²) in [5.41, 5.74) is 0.0650. The molecule has 2 N–H and O–H groups in total. The zero-order chi connectivity index (χ0) is 16.4. The topological polar surface area (TPSA) is 93.1 Å². The molecule has 22 heavy (non-hydrogen) atoms. The lowest BCUT2D eigenvalue weighted by molar-refractivity contribution is 0.0641. The number of hydrogen-bond donors (Lipinski definition) is 2. The van der Waals surface area contributed by atoms with Crippen LogP contribution in [0.2, 0.25) is 0 Å². The Hall–Kier alpha value is -1.36. The fourth-order valence-corrected chi connectivity index (χ4v) is 2.57. The molecular weight excluding hydrogens is 307 g/mol. The Bertz CT molecular complexity index is 499. The number of phosphoric acid groups is 1. The second-order valence-electron chi connectivity index (χ2n) is 5.00. The van der Waals surface area contributed by atoms with Crippen LogP contribution in [0, 0.1) is 0 Å². The standard InChI is InChI=1S/C15H23O6P/c1-2-3-4-5-6-7-12-20-22(18,19)21-15(17)13-8-10-14(16)11-9-13/h8-11,16H,2-7,12H2,1H3,(H,18,19). The number of unbranched alkanes of at least 4 members (excludes halogenated alkanes) is 5. The van der Waals surface area contributed by atoms with Gasteiger partial charge in [-0.3, -0.25) is 9.42 Å². The van der Waals surface area contributed by atoms with Crippen molar-refractivity contribution in [2.75, 3.05) is 6.61 Å². The highest BCUT2D eigenvalue weighted by molar-refractivity contribution is 7.48. The van der Waals surface area contributed by atoms with Gasteiger partial charge in [-0.05, 0) is 30.7 Å². The summed E-state index contributed by atoms with van der Waals surface area (Å²) in [6, 6.07) is 5.17. The van der Waals surface area contributed by atoms with Crippen LogP contribution in [0.3, 0.4) is 0 Å². The largest absolute Gasteiger partial charge is 0.529 e. The van der Waals surface area contributed by atoms with Crippen LogP contribution in [0.1, 0.15) is 55.8 Å². The van der Waals surface area contributed by atoms with Crippen molar-refractivity contribution in [3.8, 4) is 5.75 Å². The number of benzene rings is 1. The lowest BCUT2D eigenvalue weighted by Crippen LogP contribution is -2.05. The van der Waals surface area contributed by atoms with Crippen LogP contribution in [0.15, 0.2) is 24.3 Å². The van der Waals surface area contributed by atoms with Crippen LogP contribution in [0.4, 0.5) is 0 Å². The molecule has 0 aromatic heterocycles. The molecule has 7 heteroatoms. The summed E-state index contributed by atoms with van der Waals surface area (Å²) in [5, 5.41) is 9.11. The van der Waals surface area contributed by atoms with Crippen molar-refractivity contribution in [3.63, 3.8) is 0 Å². The molecule has 1 unspecified atom stereocenters. The molecule has 0 amide bonds. The molecule has 1 rings (SSSR count). The predicted molar refractivity (Wildman–Crippen MR) is 82.7 cm³/mol. The van der Waals surface area contributed by atoms with Gasteiger partial charge in [0.1, 0.15) is 5.75 Å². The van der Waals surface area contributed by atoms with Crippen molar-refractivity contribution in [1.29, 1.82) is 0 Å². The Morgan fingerprint density at radius 1 is 1.09 bits per heavy atom. The first-order valence-corrected chi connectivity index (χ1v) is 8.94. The van der Waals surface area contributed by atoms with Gasteiger partial charge in [-0.1, -0.05) is 39.0 Å². The molecule has 124 valence electrons. The molecule has 0 saturated carbocycles. The third-order valence-corrected chi connectivity index (χ3v) is 3.96. The minimum absolute atomic E-state index is 0.0111. The highest BCUT2D eigenvalue weighted by Gasteiger charge is 2.26.